The Labute approximate surface area is 208 Å². The van der Waals surface area contributed by atoms with Crippen LogP contribution in [0, 0.1) is 35.5 Å². The second-order valence-corrected chi connectivity index (χ2v) is 12.1. The van der Waals surface area contributed by atoms with E-state index in [2.05, 4.69) is 68.1 Å². The maximum absolute atomic E-state index is 13.8. The van der Waals surface area contributed by atoms with Crippen LogP contribution in [0.25, 0.3) is 17.1 Å². The van der Waals surface area contributed by atoms with E-state index in [1.54, 1.807) is 0 Å². The number of ketones is 1. The summed E-state index contributed by atoms with van der Waals surface area (Å²) in [5, 5.41) is 1.25. The number of carbonyl (C=O) groups is 2. The second kappa shape index (κ2) is 7.94. The van der Waals surface area contributed by atoms with E-state index < -0.39 is 0 Å². The van der Waals surface area contributed by atoms with Gasteiger partial charge in [0.2, 0.25) is 0 Å². The van der Waals surface area contributed by atoms with Crippen molar-refractivity contribution in [1.29, 1.82) is 0 Å². The zero-order valence-electron chi connectivity index (χ0n) is 21.5. The van der Waals surface area contributed by atoms with Gasteiger partial charge >= 0.3 is 5.97 Å². The summed E-state index contributed by atoms with van der Waals surface area (Å²) in [5.74, 6) is 1.76. The molecule has 184 valence electrons. The van der Waals surface area contributed by atoms with E-state index in [1.807, 2.05) is 0 Å². The fraction of sp³-hybridized carbons (Fsp3) is 0.548. The first-order valence-corrected chi connectivity index (χ1v) is 13.4. The molecule has 1 aromatic heterocycles. The Morgan fingerprint density at radius 2 is 1.86 bits per heavy atom. The van der Waals surface area contributed by atoms with E-state index in [9.17, 15) is 9.59 Å². The molecule has 0 aliphatic heterocycles. The molecule has 3 fully saturated rings. The number of para-hydroxylation sites is 1. The Morgan fingerprint density at radius 1 is 1.09 bits per heavy atom. The molecule has 0 N–H and O–H groups in total. The van der Waals surface area contributed by atoms with Crippen LogP contribution >= 0.6 is 0 Å². The smallest absolute Gasteiger partial charge is 0.302 e. The standard InChI is InChI=1S/C31H37NO3/c1-19-17-32(28-8-6-5-7-24(19)28)18-21-15-27-25-10-9-22-16-23(35-20(2)33)11-13-30(22,3)26(25)12-14-31(27,4)29(21)34/h5-9,17-18,23,25-27H,10-16H2,1-4H3/b21-18-/t23-,25+,26-,27-,30-,31-/m0/s1. The third-order valence-corrected chi connectivity index (χ3v) is 10.3. The van der Waals surface area contributed by atoms with Crippen molar-refractivity contribution in [3.05, 3.63) is 53.2 Å². The van der Waals surface area contributed by atoms with E-state index in [-0.39, 0.29) is 22.9 Å². The molecule has 1 aromatic carbocycles. The largest absolute Gasteiger partial charge is 0.462 e. The Morgan fingerprint density at radius 3 is 2.66 bits per heavy atom. The van der Waals surface area contributed by atoms with E-state index in [0.717, 1.165) is 50.5 Å². The van der Waals surface area contributed by atoms with Crippen molar-refractivity contribution < 1.29 is 14.3 Å². The highest BCUT2D eigenvalue weighted by atomic mass is 16.5. The predicted octanol–water partition coefficient (Wildman–Crippen LogP) is 6.86. The third kappa shape index (κ3) is 3.39. The summed E-state index contributed by atoms with van der Waals surface area (Å²) >= 11 is 0. The molecule has 4 aliphatic rings. The summed E-state index contributed by atoms with van der Waals surface area (Å²) in [6.45, 7) is 8.35. The molecule has 0 saturated heterocycles. The lowest BCUT2D eigenvalue weighted by atomic mass is 9.48. The fourth-order valence-electron chi connectivity index (χ4n) is 8.40. The number of esters is 1. The molecular weight excluding hydrogens is 434 g/mol. The molecule has 6 rings (SSSR count). The predicted molar refractivity (Wildman–Crippen MR) is 139 cm³/mol. The van der Waals surface area contributed by atoms with Gasteiger partial charge in [-0.3, -0.25) is 9.59 Å². The molecule has 2 aromatic rings. The fourth-order valence-corrected chi connectivity index (χ4v) is 8.40. The van der Waals surface area contributed by atoms with Crippen molar-refractivity contribution in [2.45, 2.75) is 78.7 Å². The second-order valence-electron chi connectivity index (χ2n) is 12.1. The number of hydrogen-bond donors (Lipinski definition) is 0. The van der Waals surface area contributed by atoms with Crippen molar-refractivity contribution in [3.8, 4) is 0 Å². The van der Waals surface area contributed by atoms with Gasteiger partial charge in [-0.15, -0.1) is 0 Å². The van der Waals surface area contributed by atoms with E-state index >= 15 is 0 Å². The van der Waals surface area contributed by atoms with Crippen molar-refractivity contribution in [2.75, 3.05) is 0 Å². The first-order valence-electron chi connectivity index (χ1n) is 13.4. The molecule has 4 nitrogen and oxygen atoms in total. The first-order chi connectivity index (χ1) is 16.7. The minimum atomic E-state index is -0.248. The molecule has 1 heterocycles. The highest BCUT2D eigenvalue weighted by Gasteiger charge is 2.60. The van der Waals surface area contributed by atoms with Crippen LogP contribution in [0.15, 0.2) is 47.7 Å². The quantitative estimate of drug-likeness (QED) is 0.273. The molecule has 0 spiro atoms. The maximum atomic E-state index is 13.8. The van der Waals surface area contributed by atoms with Crippen LogP contribution in [-0.4, -0.2) is 22.4 Å². The van der Waals surface area contributed by atoms with E-state index in [0.29, 0.717) is 23.5 Å². The summed E-state index contributed by atoms with van der Waals surface area (Å²) in [6, 6.07) is 8.45. The normalized spacial score (nSPS) is 37.5. The minimum absolute atomic E-state index is 0.0275. The lowest BCUT2D eigenvalue weighted by Gasteiger charge is -2.56. The van der Waals surface area contributed by atoms with Gasteiger partial charge in [-0.05, 0) is 80.2 Å². The molecule has 4 heteroatoms. The first kappa shape index (κ1) is 22.8. The number of aromatic nitrogens is 1. The number of Topliss-reactive ketones (excluding diaryl/α,β-unsaturated/α-hetero) is 1. The monoisotopic (exact) mass is 471 g/mol. The SMILES string of the molecule is CC(=O)O[C@H]1CC[C@@]2(C)C(=CC[C@@H]3[C@@H]2CC[C@]2(C)C(=O)/C(=C\n4cc(C)c5ccccc54)C[C@@H]32)C1. The number of fused-ring (bicyclic) bond motifs is 6. The van der Waals surface area contributed by atoms with Gasteiger partial charge in [0.05, 0.1) is 5.52 Å². The number of nitrogens with zero attached hydrogens (tertiary/aromatic N) is 1. The molecule has 0 unspecified atom stereocenters. The summed E-state index contributed by atoms with van der Waals surface area (Å²) in [5.41, 5.74) is 4.83. The number of aryl methyl sites for hydroxylation is 1. The molecule has 3 saturated carbocycles. The molecule has 4 aliphatic carbocycles. The number of rotatable bonds is 2. The molecule has 6 atom stereocenters. The molecule has 0 amide bonds. The molecular formula is C31H37NO3. The Balaban J connectivity index is 1.31. The van der Waals surface area contributed by atoms with Crippen LogP contribution in [0.4, 0.5) is 0 Å². The number of allylic oxidation sites excluding steroid dienone is 2. The van der Waals surface area contributed by atoms with Crippen molar-refractivity contribution in [3.63, 3.8) is 0 Å². The molecule has 0 bridgehead atoms. The highest BCUT2D eigenvalue weighted by Crippen LogP contribution is 2.64. The summed E-state index contributed by atoms with van der Waals surface area (Å²) in [7, 11) is 0. The van der Waals surface area contributed by atoms with Gasteiger partial charge in [-0.25, -0.2) is 0 Å². The third-order valence-electron chi connectivity index (χ3n) is 10.3. The van der Waals surface area contributed by atoms with Gasteiger partial charge in [-0.2, -0.15) is 0 Å². The Bertz CT molecular complexity index is 1280. The molecule has 35 heavy (non-hydrogen) atoms. The average Bonchev–Trinajstić information content (AvgIpc) is 3.28. The number of hydrogen-bond acceptors (Lipinski definition) is 3. The van der Waals surface area contributed by atoms with Crippen LogP contribution in [0.5, 0.6) is 0 Å². The molecule has 0 radical (unpaired) electrons. The Kier molecular flexibility index (Phi) is 5.18. The number of carbonyl (C=O) groups excluding carboxylic acids is 2. The summed E-state index contributed by atoms with van der Waals surface area (Å²) in [6.07, 6.45) is 13.7. The van der Waals surface area contributed by atoms with E-state index in [1.165, 1.54) is 29.0 Å². The topological polar surface area (TPSA) is 48.3 Å². The minimum Gasteiger partial charge on any atom is -0.462 e. The van der Waals surface area contributed by atoms with Crippen molar-refractivity contribution in [1.82, 2.24) is 4.57 Å². The van der Waals surface area contributed by atoms with Gasteiger partial charge in [0.1, 0.15) is 6.10 Å². The van der Waals surface area contributed by atoms with Crippen LogP contribution in [-0.2, 0) is 14.3 Å². The van der Waals surface area contributed by atoms with Gasteiger partial charge in [-0.1, -0.05) is 43.7 Å². The summed E-state index contributed by atoms with van der Waals surface area (Å²) in [4.78, 5) is 25.4. The van der Waals surface area contributed by atoms with Crippen LogP contribution in [0.2, 0.25) is 0 Å². The summed E-state index contributed by atoms with van der Waals surface area (Å²) < 4.78 is 7.76. The van der Waals surface area contributed by atoms with Crippen molar-refractivity contribution >= 4 is 28.9 Å². The van der Waals surface area contributed by atoms with Crippen LogP contribution in [0.1, 0.15) is 71.3 Å². The maximum Gasteiger partial charge on any atom is 0.302 e. The lowest BCUT2D eigenvalue weighted by molar-refractivity contribution is -0.148. The zero-order valence-corrected chi connectivity index (χ0v) is 21.5. The number of benzene rings is 1. The number of ether oxygens (including phenoxy) is 1. The van der Waals surface area contributed by atoms with Crippen LogP contribution < -0.4 is 0 Å². The zero-order chi connectivity index (χ0) is 24.5. The van der Waals surface area contributed by atoms with Gasteiger partial charge < -0.3 is 9.30 Å². The van der Waals surface area contributed by atoms with Crippen molar-refractivity contribution in [2.24, 2.45) is 28.6 Å². The van der Waals surface area contributed by atoms with Gasteiger partial charge in [0, 0.05) is 42.1 Å². The highest BCUT2D eigenvalue weighted by molar-refractivity contribution is 6.05. The van der Waals surface area contributed by atoms with Crippen LogP contribution in [0.3, 0.4) is 0 Å². The van der Waals surface area contributed by atoms with Gasteiger partial charge in [0.15, 0.2) is 5.78 Å². The lowest BCUT2D eigenvalue weighted by Crippen LogP contribution is -2.50. The average molecular weight is 472 g/mol. The Hall–Kier alpha value is -2.62. The van der Waals surface area contributed by atoms with Gasteiger partial charge in [0.25, 0.3) is 0 Å². The van der Waals surface area contributed by atoms with E-state index in [4.69, 9.17) is 4.74 Å².